The minimum Gasteiger partial charge on any atom is -0.462 e. The highest BCUT2D eigenvalue weighted by molar-refractivity contribution is 5.90. The second-order valence-corrected chi connectivity index (χ2v) is 3.21. The molecule has 2 aromatic rings. The van der Waals surface area contributed by atoms with Crippen LogP contribution in [0, 0.1) is 0 Å². The number of nitrogens with zero attached hydrogens (tertiary/aromatic N) is 1. The Labute approximate surface area is 92.8 Å². The van der Waals surface area contributed by atoms with E-state index in [1.54, 1.807) is 31.5 Å². The van der Waals surface area contributed by atoms with E-state index in [1.165, 1.54) is 0 Å². The molecular formula is C12H11NO3. The molecule has 0 fully saturated rings. The summed E-state index contributed by atoms with van der Waals surface area (Å²) in [5, 5.41) is 3.62. The first-order chi connectivity index (χ1) is 7.81. The number of benzene rings is 1. The number of carbonyl (C=O) groups excluding carboxylic acids is 1. The number of carbonyl (C=O) groups is 1. The number of hydrogen-bond acceptors (Lipinski definition) is 4. The van der Waals surface area contributed by atoms with Crippen molar-refractivity contribution < 1.29 is 14.1 Å². The Hall–Kier alpha value is -2.10. The van der Waals surface area contributed by atoms with Crippen LogP contribution in [0.4, 0.5) is 0 Å². The molecule has 4 heteroatoms. The predicted octanol–water partition coefficient (Wildman–Crippen LogP) is 2.52. The average molecular weight is 217 g/mol. The summed E-state index contributed by atoms with van der Waals surface area (Å²) in [5.41, 5.74) is 2.38. The third-order valence-electron chi connectivity index (χ3n) is 2.16. The molecule has 4 nitrogen and oxygen atoms in total. The van der Waals surface area contributed by atoms with Gasteiger partial charge in [-0.3, -0.25) is 0 Å². The molecule has 0 spiro atoms. The molecule has 1 heterocycles. The first-order valence-electron chi connectivity index (χ1n) is 4.98. The van der Waals surface area contributed by atoms with Gasteiger partial charge < -0.3 is 9.26 Å². The van der Waals surface area contributed by atoms with E-state index in [-0.39, 0.29) is 5.97 Å². The lowest BCUT2D eigenvalue weighted by atomic mass is 10.1. The van der Waals surface area contributed by atoms with Crippen molar-refractivity contribution in [3.05, 3.63) is 42.3 Å². The molecule has 0 unspecified atom stereocenters. The van der Waals surface area contributed by atoms with E-state index in [1.807, 2.05) is 12.1 Å². The Bertz CT molecular complexity index is 460. The van der Waals surface area contributed by atoms with Crippen LogP contribution < -0.4 is 0 Å². The largest absolute Gasteiger partial charge is 0.462 e. The first kappa shape index (κ1) is 10.4. The van der Waals surface area contributed by atoms with Crippen LogP contribution >= 0.6 is 0 Å². The van der Waals surface area contributed by atoms with E-state index >= 15 is 0 Å². The Morgan fingerprint density at radius 2 is 2.06 bits per heavy atom. The van der Waals surface area contributed by atoms with Crippen LogP contribution in [0.1, 0.15) is 17.3 Å². The molecular weight excluding hydrogens is 206 g/mol. The molecule has 0 bridgehead atoms. The van der Waals surface area contributed by atoms with Crippen LogP contribution in [0.2, 0.25) is 0 Å². The summed E-state index contributed by atoms with van der Waals surface area (Å²) >= 11 is 0. The second-order valence-electron chi connectivity index (χ2n) is 3.21. The number of hydrogen-bond donors (Lipinski definition) is 0. The fourth-order valence-corrected chi connectivity index (χ4v) is 1.36. The predicted molar refractivity (Wildman–Crippen MR) is 57.9 cm³/mol. The Balaban J connectivity index is 2.20. The van der Waals surface area contributed by atoms with E-state index in [0.29, 0.717) is 12.2 Å². The lowest BCUT2D eigenvalue weighted by Crippen LogP contribution is -2.03. The minimum atomic E-state index is -0.306. The van der Waals surface area contributed by atoms with Crippen LogP contribution in [-0.4, -0.2) is 17.7 Å². The van der Waals surface area contributed by atoms with Gasteiger partial charge in [0.25, 0.3) is 0 Å². The summed E-state index contributed by atoms with van der Waals surface area (Å²) in [4.78, 5) is 11.4. The third-order valence-corrected chi connectivity index (χ3v) is 2.16. The van der Waals surface area contributed by atoms with Crippen molar-refractivity contribution in [1.82, 2.24) is 5.16 Å². The lowest BCUT2D eigenvalue weighted by molar-refractivity contribution is 0.0526. The quantitative estimate of drug-likeness (QED) is 0.741. The molecule has 0 saturated carbocycles. The molecule has 0 N–H and O–H groups in total. The van der Waals surface area contributed by atoms with Crippen molar-refractivity contribution in [1.29, 1.82) is 0 Å². The highest BCUT2D eigenvalue weighted by atomic mass is 16.5. The van der Waals surface area contributed by atoms with Crippen LogP contribution in [0.5, 0.6) is 0 Å². The van der Waals surface area contributed by atoms with Crippen LogP contribution in [0.3, 0.4) is 0 Å². The van der Waals surface area contributed by atoms with Crippen LogP contribution in [0.25, 0.3) is 11.1 Å². The smallest absolute Gasteiger partial charge is 0.338 e. The van der Waals surface area contributed by atoms with Gasteiger partial charge in [0.2, 0.25) is 0 Å². The molecule has 16 heavy (non-hydrogen) atoms. The van der Waals surface area contributed by atoms with Gasteiger partial charge in [-0.05, 0) is 24.6 Å². The van der Waals surface area contributed by atoms with Gasteiger partial charge in [-0.25, -0.2) is 4.79 Å². The molecule has 0 atom stereocenters. The van der Waals surface area contributed by atoms with E-state index in [4.69, 9.17) is 9.26 Å². The highest BCUT2D eigenvalue weighted by Gasteiger charge is 2.06. The zero-order valence-electron chi connectivity index (χ0n) is 8.84. The second kappa shape index (κ2) is 4.61. The summed E-state index contributed by atoms with van der Waals surface area (Å²) in [6.45, 7) is 2.16. The lowest BCUT2D eigenvalue weighted by Gasteiger charge is -2.02. The summed E-state index contributed by atoms with van der Waals surface area (Å²) in [5.74, 6) is -0.306. The number of esters is 1. The number of ether oxygens (including phenoxy) is 1. The average Bonchev–Trinajstić information content (AvgIpc) is 2.83. The van der Waals surface area contributed by atoms with Gasteiger partial charge in [-0.1, -0.05) is 17.3 Å². The molecule has 1 aromatic heterocycles. The van der Waals surface area contributed by atoms with Gasteiger partial charge in [0.1, 0.15) is 6.26 Å². The molecule has 0 amide bonds. The molecule has 0 saturated heterocycles. The highest BCUT2D eigenvalue weighted by Crippen LogP contribution is 2.19. The van der Waals surface area contributed by atoms with Gasteiger partial charge in [0, 0.05) is 5.56 Å². The van der Waals surface area contributed by atoms with Crippen molar-refractivity contribution in [2.24, 2.45) is 0 Å². The van der Waals surface area contributed by atoms with Gasteiger partial charge >= 0.3 is 5.97 Å². The van der Waals surface area contributed by atoms with E-state index in [0.717, 1.165) is 11.1 Å². The minimum absolute atomic E-state index is 0.306. The van der Waals surface area contributed by atoms with Crippen molar-refractivity contribution in [2.75, 3.05) is 6.61 Å². The van der Waals surface area contributed by atoms with Crippen molar-refractivity contribution in [3.63, 3.8) is 0 Å². The SMILES string of the molecule is CCOC(=O)c1ccc(-c2cnoc2)cc1. The fourth-order valence-electron chi connectivity index (χ4n) is 1.36. The van der Waals surface area contributed by atoms with Gasteiger partial charge in [-0.2, -0.15) is 0 Å². The van der Waals surface area contributed by atoms with Crippen LogP contribution in [-0.2, 0) is 4.74 Å². The maximum absolute atomic E-state index is 11.4. The van der Waals surface area contributed by atoms with Gasteiger partial charge in [0.05, 0.1) is 18.4 Å². The standard InChI is InChI=1S/C12H11NO3/c1-2-15-12(14)10-5-3-9(4-6-10)11-7-13-16-8-11/h3-8H,2H2,1H3. The Morgan fingerprint density at radius 1 is 1.31 bits per heavy atom. The van der Waals surface area contributed by atoms with E-state index in [2.05, 4.69) is 5.16 Å². The molecule has 0 aliphatic carbocycles. The summed E-state index contributed by atoms with van der Waals surface area (Å²) in [7, 11) is 0. The third kappa shape index (κ3) is 2.11. The van der Waals surface area contributed by atoms with Crippen molar-refractivity contribution >= 4 is 5.97 Å². The van der Waals surface area contributed by atoms with Crippen LogP contribution in [0.15, 0.2) is 41.2 Å². The number of rotatable bonds is 3. The molecule has 0 radical (unpaired) electrons. The summed E-state index contributed by atoms with van der Waals surface area (Å²) < 4.78 is 9.63. The number of aromatic nitrogens is 1. The normalized spacial score (nSPS) is 10.1. The zero-order valence-corrected chi connectivity index (χ0v) is 8.84. The Morgan fingerprint density at radius 3 is 2.62 bits per heavy atom. The zero-order chi connectivity index (χ0) is 11.4. The van der Waals surface area contributed by atoms with Crippen molar-refractivity contribution in [2.45, 2.75) is 6.92 Å². The fraction of sp³-hybridized carbons (Fsp3) is 0.167. The van der Waals surface area contributed by atoms with E-state index in [9.17, 15) is 4.79 Å². The Kier molecular flexibility index (Phi) is 3.00. The van der Waals surface area contributed by atoms with Gasteiger partial charge in [0.15, 0.2) is 0 Å². The van der Waals surface area contributed by atoms with Crippen molar-refractivity contribution in [3.8, 4) is 11.1 Å². The molecule has 2 rings (SSSR count). The molecule has 82 valence electrons. The van der Waals surface area contributed by atoms with E-state index < -0.39 is 0 Å². The first-order valence-corrected chi connectivity index (χ1v) is 4.98. The monoisotopic (exact) mass is 217 g/mol. The van der Waals surface area contributed by atoms with Gasteiger partial charge in [-0.15, -0.1) is 0 Å². The molecule has 1 aromatic carbocycles. The summed E-state index contributed by atoms with van der Waals surface area (Å²) in [6.07, 6.45) is 3.18. The maximum Gasteiger partial charge on any atom is 0.338 e. The maximum atomic E-state index is 11.4. The molecule has 0 aliphatic rings. The summed E-state index contributed by atoms with van der Waals surface area (Å²) in [6, 6.07) is 7.11. The molecule has 0 aliphatic heterocycles. The topological polar surface area (TPSA) is 52.3 Å².